The van der Waals surface area contributed by atoms with E-state index in [9.17, 15) is 18.0 Å². The van der Waals surface area contributed by atoms with Crippen LogP contribution >= 0.6 is 0 Å². The standard InChI is InChI=1S/C30H33N3O7S/c1-38-23-12-13-26(39-2)28(18-23)41(36,37)32-16-14-22(15-17-32)30(35)33-20-27(40-25-11-7-6-10-24(25)33)29(34)31-19-21-8-4-3-5-9-21/h3-13,18,22,27H,14-17,19-20H2,1-2H3,(H,31,34). The molecule has 1 unspecified atom stereocenters. The van der Waals surface area contributed by atoms with Crippen molar-refractivity contribution in [2.75, 3.05) is 38.8 Å². The van der Waals surface area contributed by atoms with E-state index in [0.29, 0.717) is 36.6 Å². The van der Waals surface area contributed by atoms with Crippen molar-refractivity contribution >= 4 is 27.5 Å². The predicted molar refractivity (Wildman–Crippen MR) is 153 cm³/mol. The molecule has 2 aliphatic heterocycles. The SMILES string of the molecule is COc1ccc(OC)c(S(=O)(=O)N2CCC(C(=O)N3CC(C(=O)NCc4ccccc4)Oc4ccccc43)CC2)c1. The number of ether oxygens (including phenoxy) is 3. The van der Waals surface area contributed by atoms with Gasteiger partial charge in [-0.25, -0.2) is 8.42 Å². The monoisotopic (exact) mass is 579 g/mol. The zero-order chi connectivity index (χ0) is 29.0. The van der Waals surface area contributed by atoms with Crippen LogP contribution in [0.2, 0.25) is 0 Å². The molecule has 0 bridgehead atoms. The van der Waals surface area contributed by atoms with Gasteiger partial charge in [-0.15, -0.1) is 0 Å². The largest absolute Gasteiger partial charge is 0.497 e. The Hall–Kier alpha value is -4.09. The van der Waals surface area contributed by atoms with E-state index in [1.54, 1.807) is 35.2 Å². The first kappa shape index (κ1) is 28.4. The number of hydrogen-bond donors (Lipinski definition) is 1. The lowest BCUT2D eigenvalue weighted by Crippen LogP contribution is -2.53. The molecule has 1 N–H and O–H groups in total. The average molecular weight is 580 g/mol. The van der Waals surface area contributed by atoms with Gasteiger partial charge in [0.2, 0.25) is 15.9 Å². The van der Waals surface area contributed by atoms with E-state index < -0.39 is 22.0 Å². The van der Waals surface area contributed by atoms with Gasteiger partial charge in [0.1, 0.15) is 22.1 Å². The van der Waals surface area contributed by atoms with Crippen LogP contribution in [0.4, 0.5) is 5.69 Å². The van der Waals surface area contributed by atoms with E-state index in [1.165, 1.54) is 24.6 Å². The van der Waals surface area contributed by atoms with E-state index in [2.05, 4.69) is 5.32 Å². The Morgan fingerprint density at radius 1 is 0.951 bits per heavy atom. The molecule has 10 nitrogen and oxygen atoms in total. The Kier molecular flexibility index (Phi) is 8.46. The number of nitrogens with zero attached hydrogens (tertiary/aromatic N) is 2. The molecule has 5 rings (SSSR count). The molecule has 2 heterocycles. The van der Waals surface area contributed by atoms with E-state index in [0.717, 1.165) is 5.56 Å². The fourth-order valence-electron chi connectivity index (χ4n) is 5.17. The summed E-state index contributed by atoms with van der Waals surface area (Å²) in [6.45, 7) is 0.758. The zero-order valence-electron chi connectivity index (χ0n) is 23.0. The third kappa shape index (κ3) is 6.01. The topological polar surface area (TPSA) is 114 Å². The maximum Gasteiger partial charge on any atom is 0.263 e. The van der Waals surface area contributed by atoms with Gasteiger partial charge in [0.05, 0.1) is 26.5 Å². The van der Waals surface area contributed by atoms with Crippen molar-refractivity contribution in [2.24, 2.45) is 5.92 Å². The van der Waals surface area contributed by atoms with Crippen LogP contribution in [0.25, 0.3) is 0 Å². The highest BCUT2D eigenvalue weighted by molar-refractivity contribution is 7.89. The third-order valence-corrected chi connectivity index (χ3v) is 9.35. The van der Waals surface area contributed by atoms with Crippen molar-refractivity contribution in [1.29, 1.82) is 0 Å². The van der Waals surface area contributed by atoms with Gasteiger partial charge in [0.15, 0.2) is 6.10 Å². The second kappa shape index (κ2) is 12.2. The van der Waals surface area contributed by atoms with Crippen LogP contribution in [-0.4, -0.2) is 64.5 Å². The zero-order valence-corrected chi connectivity index (χ0v) is 23.8. The number of piperidine rings is 1. The van der Waals surface area contributed by atoms with Crippen molar-refractivity contribution in [3.05, 3.63) is 78.4 Å². The lowest BCUT2D eigenvalue weighted by molar-refractivity contribution is -0.129. The second-order valence-corrected chi connectivity index (χ2v) is 11.8. The minimum atomic E-state index is -3.88. The summed E-state index contributed by atoms with van der Waals surface area (Å²) >= 11 is 0. The summed E-state index contributed by atoms with van der Waals surface area (Å²) in [7, 11) is -0.992. The quantitative estimate of drug-likeness (QED) is 0.436. The first-order valence-electron chi connectivity index (χ1n) is 13.4. The van der Waals surface area contributed by atoms with Crippen molar-refractivity contribution in [2.45, 2.75) is 30.4 Å². The number of fused-ring (bicyclic) bond motifs is 1. The van der Waals surface area contributed by atoms with Crippen molar-refractivity contribution < 1.29 is 32.2 Å². The molecule has 3 aromatic carbocycles. The van der Waals surface area contributed by atoms with Gasteiger partial charge in [0.25, 0.3) is 5.91 Å². The fraction of sp³-hybridized carbons (Fsp3) is 0.333. The molecule has 0 aromatic heterocycles. The predicted octanol–water partition coefficient (Wildman–Crippen LogP) is 3.22. The molecular weight excluding hydrogens is 546 g/mol. The highest BCUT2D eigenvalue weighted by Gasteiger charge is 2.39. The Morgan fingerprint density at radius 2 is 1.66 bits per heavy atom. The Labute approximate surface area is 239 Å². The van der Waals surface area contributed by atoms with Crippen LogP contribution in [0.1, 0.15) is 18.4 Å². The molecule has 1 saturated heterocycles. The molecule has 1 fully saturated rings. The van der Waals surface area contributed by atoms with Crippen molar-refractivity contribution in [3.63, 3.8) is 0 Å². The number of sulfonamides is 1. The van der Waals surface area contributed by atoms with Gasteiger partial charge >= 0.3 is 0 Å². The van der Waals surface area contributed by atoms with E-state index in [-0.39, 0.29) is 42.1 Å². The first-order valence-corrected chi connectivity index (χ1v) is 14.9. The number of carbonyl (C=O) groups is 2. The summed E-state index contributed by atoms with van der Waals surface area (Å²) in [5, 5.41) is 2.90. The fourth-order valence-corrected chi connectivity index (χ4v) is 6.81. The summed E-state index contributed by atoms with van der Waals surface area (Å²) in [6, 6.07) is 21.3. The van der Waals surface area contributed by atoms with Crippen LogP contribution in [0, 0.1) is 5.92 Å². The number of para-hydroxylation sites is 2. The molecular formula is C30H33N3O7S. The minimum absolute atomic E-state index is 0.0237. The van der Waals surface area contributed by atoms with Crippen LogP contribution in [0.5, 0.6) is 17.2 Å². The summed E-state index contributed by atoms with van der Waals surface area (Å²) in [5.74, 6) is 0.213. The Balaban J connectivity index is 1.28. The number of rotatable bonds is 8. The highest BCUT2D eigenvalue weighted by atomic mass is 32.2. The summed E-state index contributed by atoms with van der Waals surface area (Å²) < 4.78 is 44.9. The number of hydrogen-bond acceptors (Lipinski definition) is 7. The van der Waals surface area contributed by atoms with Gasteiger partial charge in [-0.2, -0.15) is 4.31 Å². The van der Waals surface area contributed by atoms with Gasteiger partial charge < -0.3 is 24.4 Å². The van der Waals surface area contributed by atoms with Gasteiger partial charge in [-0.05, 0) is 42.7 Å². The molecule has 0 saturated carbocycles. The minimum Gasteiger partial charge on any atom is -0.497 e. The molecule has 2 amide bonds. The molecule has 3 aromatic rings. The Morgan fingerprint density at radius 3 is 2.37 bits per heavy atom. The number of amides is 2. The molecule has 41 heavy (non-hydrogen) atoms. The lowest BCUT2D eigenvalue weighted by Gasteiger charge is -2.38. The van der Waals surface area contributed by atoms with E-state index >= 15 is 0 Å². The maximum atomic E-state index is 13.8. The van der Waals surface area contributed by atoms with E-state index in [4.69, 9.17) is 14.2 Å². The molecule has 11 heteroatoms. The van der Waals surface area contributed by atoms with Gasteiger partial charge in [-0.1, -0.05) is 42.5 Å². The van der Waals surface area contributed by atoms with Crippen LogP contribution in [0.15, 0.2) is 77.7 Å². The number of carbonyl (C=O) groups excluding carboxylic acids is 2. The highest BCUT2D eigenvalue weighted by Crippen LogP contribution is 2.37. The van der Waals surface area contributed by atoms with Crippen molar-refractivity contribution in [1.82, 2.24) is 9.62 Å². The molecule has 0 aliphatic carbocycles. The molecule has 2 aliphatic rings. The average Bonchev–Trinajstić information content (AvgIpc) is 3.02. The molecule has 1 atom stereocenters. The molecule has 0 spiro atoms. The number of anilines is 1. The van der Waals surface area contributed by atoms with Gasteiger partial charge in [-0.3, -0.25) is 9.59 Å². The Bertz CT molecular complexity index is 1510. The number of methoxy groups -OCH3 is 2. The normalized spacial score (nSPS) is 17.7. The third-order valence-electron chi connectivity index (χ3n) is 7.43. The molecule has 0 radical (unpaired) electrons. The number of nitrogens with one attached hydrogen (secondary N) is 1. The summed E-state index contributed by atoms with van der Waals surface area (Å²) in [6.07, 6.45) is -0.192. The lowest BCUT2D eigenvalue weighted by atomic mass is 9.95. The van der Waals surface area contributed by atoms with Crippen LogP contribution in [-0.2, 0) is 26.2 Å². The summed E-state index contributed by atoms with van der Waals surface area (Å²) in [5.41, 5.74) is 1.55. The number of benzene rings is 3. The maximum absolute atomic E-state index is 13.8. The van der Waals surface area contributed by atoms with Crippen LogP contribution in [0.3, 0.4) is 0 Å². The first-order chi connectivity index (χ1) is 19.8. The van der Waals surface area contributed by atoms with Crippen molar-refractivity contribution in [3.8, 4) is 17.2 Å². The van der Waals surface area contributed by atoms with Crippen LogP contribution < -0.4 is 24.4 Å². The summed E-state index contributed by atoms with van der Waals surface area (Å²) in [4.78, 5) is 28.5. The van der Waals surface area contributed by atoms with E-state index in [1.807, 2.05) is 36.4 Å². The second-order valence-electron chi connectivity index (χ2n) is 9.92. The van der Waals surface area contributed by atoms with Gasteiger partial charge in [0, 0.05) is 31.6 Å². The smallest absolute Gasteiger partial charge is 0.263 e. The molecule has 216 valence electrons.